The third-order valence-electron chi connectivity index (χ3n) is 4.40. The lowest BCUT2D eigenvalue weighted by Gasteiger charge is -2.30. The molecular weight excluding hydrogens is 300 g/mol. The molecule has 126 valence electrons. The fraction of sp³-hybridized carbons (Fsp3) is 0.350. The smallest absolute Gasteiger partial charge is 0.120 e. The minimum absolute atomic E-state index is 0.0670. The van der Waals surface area contributed by atoms with Gasteiger partial charge in [-0.25, -0.2) is 0 Å². The van der Waals surface area contributed by atoms with E-state index >= 15 is 0 Å². The molecule has 2 aromatic carbocycles. The van der Waals surface area contributed by atoms with Gasteiger partial charge >= 0.3 is 0 Å². The molecule has 0 aromatic heterocycles. The van der Waals surface area contributed by atoms with E-state index in [1.54, 1.807) is 13.2 Å². The molecule has 1 heterocycles. The molecule has 4 nitrogen and oxygen atoms in total. The zero-order valence-electron chi connectivity index (χ0n) is 14.2. The van der Waals surface area contributed by atoms with Crippen LogP contribution in [0.25, 0.3) is 0 Å². The molecule has 0 fully saturated rings. The first-order valence-corrected chi connectivity index (χ1v) is 8.46. The van der Waals surface area contributed by atoms with Crippen molar-refractivity contribution in [3.8, 4) is 11.5 Å². The molecule has 4 heteroatoms. The second-order valence-corrected chi connectivity index (χ2v) is 6.09. The number of ether oxygens (including phenoxy) is 1. The van der Waals surface area contributed by atoms with E-state index < -0.39 is 0 Å². The van der Waals surface area contributed by atoms with E-state index in [2.05, 4.69) is 12.2 Å². The van der Waals surface area contributed by atoms with Crippen LogP contribution in [0.4, 0.5) is 0 Å². The Hall–Kier alpha value is -2.33. The van der Waals surface area contributed by atoms with Crippen molar-refractivity contribution in [2.75, 3.05) is 7.11 Å². The molecule has 2 aromatic rings. The average molecular weight is 324 g/mol. The van der Waals surface area contributed by atoms with E-state index in [4.69, 9.17) is 9.73 Å². The van der Waals surface area contributed by atoms with E-state index in [1.165, 1.54) is 0 Å². The molecule has 0 aliphatic carbocycles. The van der Waals surface area contributed by atoms with Crippen molar-refractivity contribution in [3.63, 3.8) is 0 Å². The van der Waals surface area contributed by atoms with Gasteiger partial charge in [-0.05, 0) is 42.3 Å². The summed E-state index contributed by atoms with van der Waals surface area (Å²) in [5, 5.41) is 13.8. The minimum atomic E-state index is 0.0670. The Balaban J connectivity index is 1.90. The Labute approximate surface area is 143 Å². The van der Waals surface area contributed by atoms with Crippen LogP contribution in [0.2, 0.25) is 0 Å². The number of aliphatic imine (C=N–C) groups is 1. The molecule has 1 aliphatic heterocycles. The molecule has 2 N–H and O–H groups in total. The number of methoxy groups -OCH3 is 1. The molecule has 1 aliphatic rings. The fourth-order valence-corrected chi connectivity index (χ4v) is 3.14. The van der Waals surface area contributed by atoms with Gasteiger partial charge in [0.05, 0.1) is 7.11 Å². The summed E-state index contributed by atoms with van der Waals surface area (Å²) >= 11 is 0. The van der Waals surface area contributed by atoms with Crippen molar-refractivity contribution in [2.24, 2.45) is 4.99 Å². The lowest BCUT2D eigenvalue weighted by atomic mass is 9.94. The predicted molar refractivity (Wildman–Crippen MR) is 96.8 cm³/mol. The number of nitrogens with zero attached hydrogens (tertiary/aromatic N) is 1. The van der Waals surface area contributed by atoms with Gasteiger partial charge in [0, 0.05) is 23.7 Å². The number of benzene rings is 2. The van der Waals surface area contributed by atoms with E-state index in [1.807, 2.05) is 42.5 Å². The second kappa shape index (κ2) is 7.49. The van der Waals surface area contributed by atoms with Crippen LogP contribution >= 0.6 is 0 Å². The maximum absolute atomic E-state index is 10.2. The Morgan fingerprint density at radius 3 is 2.58 bits per heavy atom. The number of hydrogen-bond donors (Lipinski definition) is 2. The number of phenolic OH excluding ortho intramolecular Hbond substituents is 1. The van der Waals surface area contributed by atoms with E-state index in [0.717, 1.165) is 41.9 Å². The number of nitrogens with one attached hydrogen (secondary N) is 1. The van der Waals surface area contributed by atoms with Gasteiger partial charge in [-0.15, -0.1) is 0 Å². The molecule has 3 rings (SSSR count). The zero-order chi connectivity index (χ0) is 16.9. The normalized spacial score (nSPS) is 20.5. The number of aromatic hydroxyl groups is 1. The SMILES string of the molecule is CCC[C@H]1N=C(c2ccc(OC)cc2)C[C@@H](c2ccccc2O)N1. The highest BCUT2D eigenvalue weighted by atomic mass is 16.5. The van der Waals surface area contributed by atoms with Crippen LogP contribution < -0.4 is 10.1 Å². The van der Waals surface area contributed by atoms with Crippen molar-refractivity contribution in [2.45, 2.75) is 38.4 Å². The number of rotatable bonds is 5. The molecule has 0 spiro atoms. The lowest BCUT2D eigenvalue weighted by molar-refractivity contribution is 0.391. The van der Waals surface area contributed by atoms with Crippen LogP contribution in [0.5, 0.6) is 11.5 Å². The van der Waals surface area contributed by atoms with Gasteiger partial charge in [-0.2, -0.15) is 0 Å². The molecule has 24 heavy (non-hydrogen) atoms. The van der Waals surface area contributed by atoms with Crippen molar-refractivity contribution in [1.29, 1.82) is 0 Å². The first-order chi connectivity index (χ1) is 11.7. The first-order valence-electron chi connectivity index (χ1n) is 8.46. The van der Waals surface area contributed by atoms with Gasteiger partial charge in [0.1, 0.15) is 17.7 Å². The minimum Gasteiger partial charge on any atom is -0.508 e. The van der Waals surface area contributed by atoms with E-state index in [9.17, 15) is 5.11 Å². The largest absolute Gasteiger partial charge is 0.508 e. The molecule has 0 saturated heterocycles. The molecule has 0 bridgehead atoms. The summed E-state index contributed by atoms with van der Waals surface area (Å²) in [5.41, 5.74) is 3.11. The summed E-state index contributed by atoms with van der Waals surface area (Å²) in [6.07, 6.45) is 2.86. The summed E-state index contributed by atoms with van der Waals surface area (Å²) in [7, 11) is 1.67. The van der Waals surface area contributed by atoms with Gasteiger partial charge in [0.25, 0.3) is 0 Å². The average Bonchev–Trinajstić information content (AvgIpc) is 2.62. The third-order valence-corrected chi connectivity index (χ3v) is 4.40. The lowest BCUT2D eigenvalue weighted by Crippen LogP contribution is -2.38. The maximum Gasteiger partial charge on any atom is 0.120 e. The molecule has 0 radical (unpaired) electrons. The monoisotopic (exact) mass is 324 g/mol. The molecule has 0 amide bonds. The molecule has 0 unspecified atom stereocenters. The first kappa shape index (κ1) is 16.5. The highest BCUT2D eigenvalue weighted by Gasteiger charge is 2.26. The maximum atomic E-state index is 10.2. The van der Waals surface area contributed by atoms with Gasteiger partial charge < -0.3 is 9.84 Å². The summed E-state index contributed by atoms with van der Waals surface area (Å²) in [5.74, 6) is 1.18. The van der Waals surface area contributed by atoms with Gasteiger partial charge in [-0.3, -0.25) is 10.3 Å². The van der Waals surface area contributed by atoms with Crippen LogP contribution in [-0.2, 0) is 0 Å². The fourth-order valence-electron chi connectivity index (χ4n) is 3.14. The summed E-state index contributed by atoms with van der Waals surface area (Å²) in [4.78, 5) is 4.89. The predicted octanol–water partition coefficient (Wildman–Crippen LogP) is 4.05. The topological polar surface area (TPSA) is 53.9 Å². The van der Waals surface area contributed by atoms with Crippen molar-refractivity contribution < 1.29 is 9.84 Å². The second-order valence-electron chi connectivity index (χ2n) is 6.09. The number of phenols is 1. The Bertz CT molecular complexity index is 710. The van der Waals surface area contributed by atoms with Crippen molar-refractivity contribution in [1.82, 2.24) is 5.32 Å². The van der Waals surface area contributed by atoms with Crippen LogP contribution in [0.15, 0.2) is 53.5 Å². The number of para-hydroxylation sites is 1. The van der Waals surface area contributed by atoms with Crippen molar-refractivity contribution in [3.05, 3.63) is 59.7 Å². The summed E-state index contributed by atoms with van der Waals surface area (Å²) in [6, 6.07) is 15.6. The van der Waals surface area contributed by atoms with Crippen LogP contribution in [-0.4, -0.2) is 24.1 Å². The van der Waals surface area contributed by atoms with Gasteiger partial charge in [0.2, 0.25) is 0 Å². The highest BCUT2D eigenvalue weighted by Crippen LogP contribution is 2.31. The van der Waals surface area contributed by atoms with Gasteiger partial charge in [-0.1, -0.05) is 31.5 Å². The zero-order valence-corrected chi connectivity index (χ0v) is 14.2. The van der Waals surface area contributed by atoms with Crippen LogP contribution in [0.3, 0.4) is 0 Å². The van der Waals surface area contributed by atoms with E-state index in [-0.39, 0.29) is 12.2 Å². The molecule has 2 atom stereocenters. The quantitative estimate of drug-likeness (QED) is 0.872. The Morgan fingerprint density at radius 1 is 1.17 bits per heavy atom. The summed E-state index contributed by atoms with van der Waals surface area (Å²) in [6.45, 7) is 2.16. The summed E-state index contributed by atoms with van der Waals surface area (Å²) < 4.78 is 5.24. The molecular formula is C20H24N2O2. The van der Waals surface area contributed by atoms with Crippen LogP contribution in [0, 0.1) is 0 Å². The molecule has 0 saturated carbocycles. The number of hydrogen-bond acceptors (Lipinski definition) is 4. The van der Waals surface area contributed by atoms with Crippen molar-refractivity contribution >= 4 is 5.71 Å². The van der Waals surface area contributed by atoms with Gasteiger partial charge in [0.15, 0.2) is 0 Å². The van der Waals surface area contributed by atoms with Crippen LogP contribution in [0.1, 0.15) is 43.4 Å². The Morgan fingerprint density at radius 2 is 1.92 bits per heavy atom. The van der Waals surface area contributed by atoms with E-state index in [0.29, 0.717) is 5.75 Å². The Kier molecular flexibility index (Phi) is 5.16. The standard InChI is InChI=1S/C20H24N2O2/c1-3-6-20-21-17(14-9-11-15(24-2)12-10-14)13-18(22-20)16-7-4-5-8-19(16)23/h4-5,7-12,18,20,22-23H,3,6,13H2,1-2H3/t18-,20-/m0/s1. The highest BCUT2D eigenvalue weighted by molar-refractivity contribution is 6.01. The third kappa shape index (κ3) is 3.60.